The Bertz CT molecular complexity index is 1250. The first-order valence-electron chi connectivity index (χ1n) is 10.3. The third-order valence-corrected chi connectivity index (χ3v) is 4.53. The lowest BCUT2D eigenvalue weighted by molar-refractivity contribution is -0.116. The van der Waals surface area contributed by atoms with E-state index in [0.29, 0.717) is 12.8 Å². The van der Waals surface area contributed by atoms with Gasteiger partial charge in [-0.1, -0.05) is 6.08 Å². The molecule has 34 heavy (non-hydrogen) atoms. The van der Waals surface area contributed by atoms with Gasteiger partial charge in [-0.15, -0.1) is 0 Å². The normalized spacial score (nSPS) is 10.5. The number of methoxy groups -OCH3 is 1. The lowest BCUT2D eigenvalue weighted by Crippen LogP contribution is -2.25. The zero-order chi connectivity index (χ0) is 25.1. The largest absolute Gasteiger partial charge is 0.453 e. The number of anilines is 1. The number of aromatic amines is 1. The van der Waals surface area contributed by atoms with Crippen molar-refractivity contribution in [1.82, 2.24) is 9.55 Å². The summed E-state index contributed by atoms with van der Waals surface area (Å²) in [6, 6.07) is 9.45. The van der Waals surface area contributed by atoms with E-state index in [4.69, 9.17) is 5.73 Å². The number of hydrogen-bond donors (Lipinski definition) is 4. The van der Waals surface area contributed by atoms with Crippen molar-refractivity contribution >= 4 is 34.5 Å². The molecular formula is C23H26FN5O5. The molecule has 0 bridgehead atoms. The summed E-state index contributed by atoms with van der Waals surface area (Å²) in [4.78, 5) is 47.8. The van der Waals surface area contributed by atoms with Crippen LogP contribution in [0.4, 0.5) is 14.9 Å². The zero-order valence-corrected chi connectivity index (χ0v) is 18.5. The van der Waals surface area contributed by atoms with Crippen molar-refractivity contribution in [2.24, 2.45) is 11.5 Å². The number of aromatic nitrogens is 2. The average Bonchev–Trinajstić information content (AvgIpc) is 3.18. The number of nitrogens with zero attached hydrogens (tertiary/aromatic N) is 1. The number of carbonyl (C=O) groups is 3. The molecule has 2 heterocycles. The first-order valence-corrected chi connectivity index (χ1v) is 10.3. The quantitative estimate of drug-likeness (QED) is 0.292. The molecule has 0 atom stereocenters. The molecule has 0 spiro atoms. The molecule has 0 aliphatic heterocycles. The number of fused-ring (bicyclic) bond motifs is 1. The van der Waals surface area contributed by atoms with E-state index in [1.165, 1.54) is 29.9 Å². The fourth-order valence-electron chi connectivity index (χ4n) is 2.98. The number of ether oxygens (including phenoxy) is 1. The zero-order valence-electron chi connectivity index (χ0n) is 18.5. The van der Waals surface area contributed by atoms with Gasteiger partial charge in [-0.2, -0.15) is 0 Å². The van der Waals surface area contributed by atoms with Crippen LogP contribution in [0.15, 0.2) is 59.5 Å². The van der Waals surface area contributed by atoms with Crippen LogP contribution in [0.2, 0.25) is 0 Å². The van der Waals surface area contributed by atoms with Crippen molar-refractivity contribution in [2.75, 3.05) is 12.4 Å². The maximum absolute atomic E-state index is 13.3. The van der Waals surface area contributed by atoms with Gasteiger partial charge in [-0.3, -0.25) is 14.4 Å². The number of benzene rings is 1. The van der Waals surface area contributed by atoms with E-state index in [1.54, 1.807) is 36.5 Å². The number of nitrogens with one attached hydrogen (secondary N) is 2. The van der Waals surface area contributed by atoms with Crippen molar-refractivity contribution < 1.29 is 23.5 Å². The van der Waals surface area contributed by atoms with Crippen molar-refractivity contribution in [1.29, 1.82) is 0 Å². The highest BCUT2D eigenvalue weighted by molar-refractivity contribution is 5.90. The number of pyridine rings is 1. The molecule has 0 unspecified atom stereocenters. The number of carbonyl (C=O) groups excluding carboxylic acids is 3. The van der Waals surface area contributed by atoms with Crippen LogP contribution >= 0.6 is 0 Å². The Labute approximate surface area is 194 Å². The lowest BCUT2D eigenvalue weighted by atomic mass is 10.2. The van der Waals surface area contributed by atoms with E-state index in [0.717, 1.165) is 16.6 Å². The van der Waals surface area contributed by atoms with Crippen molar-refractivity contribution in [3.05, 3.63) is 76.6 Å². The van der Waals surface area contributed by atoms with Gasteiger partial charge < -0.3 is 31.1 Å². The predicted molar refractivity (Wildman–Crippen MR) is 125 cm³/mol. The van der Waals surface area contributed by atoms with E-state index in [-0.39, 0.29) is 35.9 Å². The third kappa shape index (κ3) is 8.26. The first-order chi connectivity index (χ1) is 16.2. The van der Waals surface area contributed by atoms with Gasteiger partial charge in [0.15, 0.2) is 0 Å². The Morgan fingerprint density at radius 2 is 1.94 bits per heavy atom. The fourth-order valence-corrected chi connectivity index (χ4v) is 2.98. The highest BCUT2D eigenvalue weighted by atomic mass is 19.1. The monoisotopic (exact) mass is 471 g/mol. The van der Waals surface area contributed by atoms with E-state index in [9.17, 15) is 23.6 Å². The van der Waals surface area contributed by atoms with Crippen LogP contribution in [-0.4, -0.2) is 34.6 Å². The number of H-pyrrole nitrogens is 1. The molecule has 0 fully saturated rings. The molecule has 11 heteroatoms. The minimum Gasteiger partial charge on any atom is -0.453 e. The average molecular weight is 471 g/mol. The summed E-state index contributed by atoms with van der Waals surface area (Å²) in [6.07, 6.45) is 5.02. The SMILES string of the molecule is COC(N)=O.NC(=O)/C=C/CCCC(=O)Nc1cccn(Cc2cc3cc(F)ccc3[nH]2)c1=O. The number of unbranched alkanes of at least 4 members (excludes halogenated alkanes) is 1. The van der Waals surface area contributed by atoms with Gasteiger partial charge in [0.2, 0.25) is 11.8 Å². The Morgan fingerprint density at radius 1 is 1.21 bits per heavy atom. The Morgan fingerprint density at radius 3 is 2.62 bits per heavy atom. The van der Waals surface area contributed by atoms with E-state index < -0.39 is 12.0 Å². The fraction of sp³-hybridized carbons (Fsp3) is 0.217. The lowest BCUT2D eigenvalue weighted by Gasteiger charge is -2.08. The van der Waals surface area contributed by atoms with Crippen LogP contribution in [0.5, 0.6) is 0 Å². The minimum atomic E-state index is -0.745. The van der Waals surface area contributed by atoms with Gasteiger partial charge in [0.25, 0.3) is 5.56 Å². The Balaban J connectivity index is 0.000000739. The molecule has 3 aromatic rings. The smallest absolute Gasteiger partial charge is 0.404 e. The molecule has 10 nitrogen and oxygen atoms in total. The molecular weight excluding hydrogens is 445 g/mol. The van der Waals surface area contributed by atoms with Crippen molar-refractivity contribution in [3.63, 3.8) is 0 Å². The second-order valence-electron chi connectivity index (χ2n) is 7.15. The molecule has 6 N–H and O–H groups in total. The van der Waals surface area contributed by atoms with E-state index >= 15 is 0 Å². The summed E-state index contributed by atoms with van der Waals surface area (Å²) in [6.45, 7) is 0.261. The molecule has 0 aliphatic carbocycles. The molecule has 0 saturated carbocycles. The van der Waals surface area contributed by atoms with Gasteiger partial charge in [0, 0.05) is 29.2 Å². The molecule has 0 aliphatic rings. The Kier molecular flexibility index (Phi) is 9.56. The molecule has 0 saturated heterocycles. The molecule has 3 rings (SSSR count). The van der Waals surface area contributed by atoms with Crippen LogP contribution in [0.25, 0.3) is 10.9 Å². The molecule has 3 amide bonds. The minimum absolute atomic E-state index is 0.187. The van der Waals surface area contributed by atoms with Crippen LogP contribution in [0.1, 0.15) is 25.0 Å². The topological polar surface area (TPSA) is 162 Å². The second-order valence-corrected chi connectivity index (χ2v) is 7.15. The number of nitrogens with two attached hydrogens (primary N) is 2. The summed E-state index contributed by atoms with van der Waals surface area (Å²) in [5, 5.41) is 3.35. The number of allylic oxidation sites excluding steroid dienone is 1. The number of halogens is 1. The van der Waals surface area contributed by atoms with Gasteiger partial charge in [-0.25, -0.2) is 9.18 Å². The highest BCUT2D eigenvalue weighted by Crippen LogP contribution is 2.17. The molecule has 180 valence electrons. The predicted octanol–water partition coefficient (Wildman–Crippen LogP) is 2.38. The molecule has 0 radical (unpaired) electrons. The van der Waals surface area contributed by atoms with Crippen molar-refractivity contribution in [2.45, 2.75) is 25.8 Å². The maximum atomic E-state index is 13.3. The number of amides is 3. The standard InChI is InChI=1S/C21H21FN4O3.C2H5NO2/c22-15-8-9-17-14(11-15)12-16(24-17)13-26-10-4-5-18(21(26)29)25-20(28)7-3-1-2-6-19(23)27;1-5-2(3)4/h2,4-6,8-12,24H,1,3,7,13H2,(H2,23,27)(H,25,28);1H3,(H2,3,4)/b6-2+;. The summed E-state index contributed by atoms with van der Waals surface area (Å²) >= 11 is 0. The van der Waals surface area contributed by atoms with Gasteiger partial charge in [-0.05, 0) is 55.3 Å². The molecule has 1 aromatic carbocycles. The number of hydrogen-bond acceptors (Lipinski definition) is 5. The summed E-state index contributed by atoms with van der Waals surface area (Å²) in [7, 11) is 1.22. The van der Waals surface area contributed by atoms with Crippen LogP contribution in [-0.2, 0) is 20.9 Å². The third-order valence-electron chi connectivity index (χ3n) is 4.53. The van der Waals surface area contributed by atoms with Crippen LogP contribution in [0.3, 0.4) is 0 Å². The summed E-state index contributed by atoms with van der Waals surface area (Å²) in [5.41, 5.74) is 10.8. The van der Waals surface area contributed by atoms with Crippen LogP contribution < -0.4 is 22.3 Å². The summed E-state index contributed by atoms with van der Waals surface area (Å²) in [5.74, 6) is -1.14. The molecule has 2 aromatic heterocycles. The van der Waals surface area contributed by atoms with Gasteiger partial charge in [0.1, 0.15) is 11.5 Å². The van der Waals surface area contributed by atoms with Gasteiger partial charge in [0.05, 0.1) is 13.7 Å². The number of rotatable bonds is 8. The highest BCUT2D eigenvalue weighted by Gasteiger charge is 2.09. The summed E-state index contributed by atoms with van der Waals surface area (Å²) < 4.78 is 18.7. The van der Waals surface area contributed by atoms with Gasteiger partial charge >= 0.3 is 6.09 Å². The second kappa shape index (κ2) is 12.6. The Hall–Kier alpha value is -4.41. The van der Waals surface area contributed by atoms with E-state index in [1.807, 2.05) is 0 Å². The van der Waals surface area contributed by atoms with E-state index in [2.05, 4.69) is 20.8 Å². The first kappa shape index (κ1) is 25.8. The van der Waals surface area contributed by atoms with Crippen molar-refractivity contribution in [3.8, 4) is 0 Å². The maximum Gasteiger partial charge on any atom is 0.404 e. The number of primary amides is 2. The van der Waals surface area contributed by atoms with Crippen LogP contribution in [0, 0.1) is 5.82 Å².